The van der Waals surface area contributed by atoms with Gasteiger partial charge in [-0.15, -0.1) is 10.2 Å². The molecule has 16 nitrogen and oxygen atoms in total. The van der Waals surface area contributed by atoms with Crippen molar-refractivity contribution >= 4 is 48.7 Å². The third kappa shape index (κ3) is 10.8. The van der Waals surface area contributed by atoms with Crippen LogP contribution in [-0.4, -0.2) is 97.4 Å². The molecule has 0 aliphatic carbocycles. The summed E-state index contributed by atoms with van der Waals surface area (Å²) in [6, 6.07) is 23.7. The first-order chi connectivity index (χ1) is 27.5. The molecule has 1 amide bonds. The Bertz CT molecular complexity index is 2360. The van der Waals surface area contributed by atoms with Crippen molar-refractivity contribution in [1.29, 1.82) is 0 Å². The van der Waals surface area contributed by atoms with E-state index >= 15 is 8.42 Å². The summed E-state index contributed by atoms with van der Waals surface area (Å²) in [5.41, 5.74) is 1.25. The number of halogens is 1. The standard InChI is InChI=1S/C39H46IN7O9S2/c1-39(2,3)46(38(48)49)23-7-22-41-57(50,51)34-21-20-33(40)35(37-42-44-47(43-37)26-29-12-18-32(56-6)19-13-29)36(34)58(52,53)45(24-27-8-14-30(54-4)15-9-27)25-28-10-16-31(55-5)17-11-28/h8-21,41H,7,22-26H2,1-6H3,(H,48,49). The van der Waals surface area contributed by atoms with Crippen LogP contribution in [0.4, 0.5) is 4.79 Å². The fourth-order valence-electron chi connectivity index (χ4n) is 5.98. The van der Waals surface area contributed by atoms with E-state index in [0.717, 1.165) is 5.56 Å². The maximum atomic E-state index is 15.4. The number of carboxylic acid groups (broad SMARTS) is 1. The molecule has 1 heterocycles. The van der Waals surface area contributed by atoms with Crippen molar-refractivity contribution in [2.45, 2.75) is 62.2 Å². The second-order valence-corrected chi connectivity index (χ2v) is 18.8. The van der Waals surface area contributed by atoms with Gasteiger partial charge in [-0.3, -0.25) is 0 Å². The Morgan fingerprint density at radius 2 is 1.29 bits per heavy atom. The number of carbonyl (C=O) groups is 1. The van der Waals surface area contributed by atoms with Crippen LogP contribution < -0.4 is 18.9 Å². The number of nitrogens with zero attached hydrogens (tertiary/aromatic N) is 6. The number of aromatic nitrogens is 4. The number of ether oxygens (including phenoxy) is 3. The predicted molar refractivity (Wildman–Crippen MR) is 225 cm³/mol. The lowest BCUT2D eigenvalue weighted by molar-refractivity contribution is 0.0998. The summed E-state index contributed by atoms with van der Waals surface area (Å²) in [6.45, 7) is 4.94. The van der Waals surface area contributed by atoms with Gasteiger partial charge >= 0.3 is 6.09 Å². The zero-order chi connectivity index (χ0) is 42.3. The molecule has 5 aromatic rings. The van der Waals surface area contributed by atoms with Gasteiger partial charge in [0.25, 0.3) is 0 Å². The number of tetrazole rings is 1. The summed E-state index contributed by atoms with van der Waals surface area (Å²) in [4.78, 5) is 13.3. The second kappa shape index (κ2) is 18.8. The number of amides is 1. The topological polar surface area (TPSA) is 195 Å². The molecule has 0 unspecified atom stereocenters. The molecule has 0 aliphatic heterocycles. The molecule has 0 spiro atoms. The summed E-state index contributed by atoms with van der Waals surface area (Å²) in [7, 11) is -4.71. The molecule has 0 fully saturated rings. The molecular weight excluding hydrogens is 902 g/mol. The van der Waals surface area contributed by atoms with Crippen LogP contribution in [-0.2, 0) is 39.7 Å². The van der Waals surface area contributed by atoms with Gasteiger partial charge in [0.1, 0.15) is 27.0 Å². The summed E-state index contributed by atoms with van der Waals surface area (Å²) in [6.07, 6.45) is -1.03. The van der Waals surface area contributed by atoms with Gasteiger partial charge in [0.05, 0.1) is 33.4 Å². The van der Waals surface area contributed by atoms with Gasteiger partial charge in [-0.25, -0.2) is 26.4 Å². The Hall–Kier alpha value is -4.83. The number of methoxy groups -OCH3 is 3. The predicted octanol–water partition coefficient (Wildman–Crippen LogP) is 5.86. The normalized spacial score (nSPS) is 12.1. The van der Waals surface area contributed by atoms with Crippen molar-refractivity contribution in [3.8, 4) is 28.6 Å². The highest BCUT2D eigenvalue weighted by Gasteiger charge is 2.37. The minimum absolute atomic E-state index is 0.0309. The smallest absolute Gasteiger partial charge is 0.407 e. The van der Waals surface area contributed by atoms with E-state index in [1.165, 1.54) is 40.4 Å². The van der Waals surface area contributed by atoms with Gasteiger partial charge in [-0.2, -0.15) is 9.10 Å². The van der Waals surface area contributed by atoms with E-state index in [1.54, 1.807) is 88.5 Å². The number of nitrogens with one attached hydrogen (secondary N) is 1. The average Bonchev–Trinajstić information content (AvgIpc) is 3.65. The first-order valence-electron chi connectivity index (χ1n) is 18.0. The van der Waals surface area contributed by atoms with E-state index in [4.69, 9.17) is 14.2 Å². The monoisotopic (exact) mass is 947 g/mol. The number of rotatable bonds is 18. The summed E-state index contributed by atoms with van der Waals surface area (Å²) in [5.74, 6) is 1.70. The molecule has 0 saturated carbocycles. The Morgan fingerprint density at radius 3 is 1.76 bits per heavy atom. The first-order valence-corrected chi connectivity index (χ1v) is 22.0. The van der Waals surface area contributed by atoms with Crippen molar-refractivity contribution in [1.82, 2.24) is 34.1 Å². The quantitative estimate of drug-likeness (QED) is 0.0787. The SMILES string of the molecule is COc1ccc(CN(Cc2ccc(OC)cc2)S(=O)(=O)c2c(S(=O)(=O)NCCCN(C(=O)O)C(C)(C)C)ccc(I)c2-c2nnn(Cc3ccc(OC)cc3)n2)cc1. The number of sulfonamides is 2. The maximum absolute atomic E-state index is 15.4. The highest BCUT2D eigenvalue weighted by Crippen LogP contribution is 2.38. The summed E-state index contributed by atoms with van der Waals surface area (Å²) in [5, 5.41) is 22.7. The highest BCUT2D eigenvalue weighted by molar-refractivity contribution is 14.1. The van der Waals surface area contributed by atoms with Crippen LogP contribution in [0, 0.1) is 3.57 Å². The van der Waals surface area contributed by atoms with E-state index in [9.17, 15) is 18.3 Å². The fraction of sp³-hybridized carbons (Fsp3) is 0.333. The summed E-state index contributed by atoms with van der Waals surface area (Å²) >= 11 is 1.94. The zero-order valence-corrected chi connectivity index (χ0v) is 36.7. The van der Waals surface area contributed by atoms with Gasteiger partial charge < -0.3 is 24.2 Å². The first kappa shape index (κ1) is 44.3. The second-order valence-electron chi connectivity index (χ2n) is 14.1. The molecule has 2 N–H and O–H groups in total. The van der Waals surface area contributed by atoms with Gasteiger partial charge in [0, 0.05) is 35.3 Å². The van der Waals surface area contributed by atoms with Gasteiger partial charge in [-0.1, -0.05) is 36.4 Å². The third-order valence-electron chi connectivity index (χ3n) is 9.04. The molecule has 58 heavy (non-hydrogen) atoms. The molecule has 0 atom stereocenters. The minimum atomic E-state index is -4.75. The molecule has 310 valence electrons. The number of hydrogen-bond acceptors (Lipinski definition) is 11. The van der Waals surface area contributed by atoms with Crippen LogP contribution in [0.25, 0.3) is 11.4 Å². The van der Waals surface area contributed by atoms with E-state index in [2.05, 4.69) is 20.1 Å². The molecule has 0 bridgehead atoms. The third-order valence-corrected chi connectivity index (χ3v) is 13.5. The Labute approximate surface area is 352 Å². The molecule has 5 rings (SSSR count). The lowest BCUT2D eigenvalue weighted by Crippen LogP contribution is -2.46. The van der Waals surface area contributed by atoms with Crippen molar-refractivity contribution in [3.05, 3.63) is 105 Å². The highest BCUT2D eigenvalue weighted by atomic mass is 127. The van der Waals surface area contributed by atoms with Crippen molar-refractivity contribution in [3.63, 3.8) is 0 Å². The van der Waals surface area contributed by atoms with Gasteiger partial charge in [0.15, 0.2) is 0 Å². The number of hydrogen-bond donors (Lipinski definition) is 2. The van der Waals surface area contributed by atoms with Crippen LogP contribution in [0.2, 0.25) is 0 Å². The maximum Gasteiger partial charge on any atom is 0.407 e. The van der Waals surface area contributed by atoms with Crippen molar-refractivity contribution in [2.24, 2.45) is 0 Å². The van der Waals surface area contributed by atoms with Crippen LogP contribution >= 0.6 is 22.6 Å². The van der Waals surface area contributed by atoms with E-state index in [0.29, 0.717) is 31.9 Å². The molecule has 1 aromatic heterocycles. The molecule has 0 saturated heterocycles. The fourth-order valence-corrected chi connectivity index (χ4v) is 10.3. The van der Waals surface area contributed by atoms with E-state index < -0.39 is 41.5 Å². The van der Waals surface area contributed by atoms with E-state index in [1.807, 2.05) is 34.7 Å². The average molecular weight is 948 g/mol. The Morgan fingerprint density at radius 1 is 0.793 bits per heavy atom. The van der Waals surface area contributed by atoms with Crippen LogP contribution in [0.3, 0.4) is 0 Å². The zero-order valence-electron chi connectivity index (χ0n) is 32.9. The Kier molecular flexibility index (Phi) is 14.4. The molecule has 0 aliphatic rings. The van der Waals surface area contributed by atoms with Crippen molar-refractivity contribution < 1.29 is 40.9 Å². The molecule has 0 radical (unpaired) electrons. The largest absolute Gasteiger partial charge is 0.497 e. The number of benzene rings is 4. The molecule has 19 heteroatoms. The van der Waals surface area contributed by atoms with Gasteiger partial charge in [0.2, 0.25) is 25.9 Å². The van der Waals surface area contributed by atoms with Crippen molar-refractivity contribution in [2.75, 3.05) is 34.4 Å². The molecular formula is C39H46IN7O9S2. The Balaban J connectivity index is 1.63. The van der Waals surface area contributed by atoms with Crippen LogP contribution in [0.5, 0.6) is 17.2 Å². The summed E-state index contributed by atoms with van der Waals surface area (Å²) < 4.78 is 79.3. The van der Waals surface area contributed by atoms with Crippen LogP contribution in [0.1, 0.15) is 43.9 Å². The lowest BCUT2D eigenvalue weighted by atomic mass is 10.1. The minimum Gasteiger partial charge on any atom is -0.497 e. The van der Waals surface area contributed by atoms with Crippen LogP contribution in [0.15, 0.2) is 94.7 Å². The van der Waals surface area contributed by atoms with Gasteiger partial charge in [-0.05, 0) is 120 Å². The lowest BCUT2D eigenvalue weighted by Gasteiger charge is -2.33. The van der Waals surface area contributed by atoms with E-state index in [-0.39, 0.29) is 50.5 Å². The molecule has 4 aromatic carbocycles.